The number of likely N-dealkylation sites (N-methyl/N-ethyl adjacent to an activating group) is 1. The minimum absolute atomic E-state index is 0.0550. The first-order valence-electron chi connectivity index (χ1n) is 6.75. The summed E-state index contributed by atoms with van der Waals surface area (Å²) in [6.07, 6.45) is 2.22. The molecule has 0 fully saturated rings. The lowest BCUT2D eigenvalue weighted by Crippen LogP contribution is -2.44. The normalized spacial score (nSPS) is 12.0. The van der Waals surface area contributed by atoms with Crippen LogP contribution >= 0.6 is 0 Å². The number of carbonyl (C=O) groups excluding carboxylic acids is 2. The molecule has 0 spiro atoms. The molecule has 0 radical (unpaired) electrons. The third-order valence-corrected chi connectivity index (χ3v) is 2.84. The Morgan fingerprint density at radius 1 is 1.10 bits per heavy atom. The maximum Gasteiger partial charge on any atom is 0.305 e. The van der Waals surface area contributed by atoms with Crippen LogP contribution in [0.1, 0.15) is 32.6 Å². The largest absolute Gasteiger partial charge is 0.481 e. The van der Waals surface area contributed by atoms with Gasteiger partial charge in [0.05, 0.1) is 12.5 Å². The van der Waals surface area contributed by atoms with Crippen LogP contribution < -0.4 is 10.6 Å². The van der Waals surface area contributed by atoms with Crippen LogP contribution in [0.25, 0.3) is 0 Å². The van der Waals surface area contributed by atoms with Gasteiger partial charge in [0.2, 0.25) is 11.8 Å². The summed E-state index contributed by atoms with van der Waals surface area (Å²) >= 11 is 0. The molecule has 0 bridgehead atoms. The topological polar surface area (TPSA) is 98.7 Å². The highest BCUT2D eigenvalue weighted by molar-refractivity contribution is 5.82. The number of rotatable bonds is 10. The first-order valence-corrected chi connectivity index (χ1v) is 6.75. The molecule has 0 aromatic heterocycles. The van der Waals surface area contributed by atoms with E-state index in [0.29, 0.717) is 13.0 Å². The van der Waals surface area contributed by atoms with E-state index in [1.54, 1.807) is 0 Å². The van der Waals surface area contributed by atoms with Crippen LogP contribution in [-0.4, -0.2) is 61.0 Å². The predicted octanol–water partition coefficient (Wildman–Crippen LogP) is -0.186. The van der Waals surface area contributed by atoms with Gasteiger partial charge in [0.1, 0.15) is 0 Å². The van der Waals surface area contributed by atoms with Gasteiger partial charge in [-0.15, -0.1) is 0 Å². The van der Waals surface area contributed by atoms with Crippen LogP contribution in [0.5, 0.6) is 0 Å². The van der Waals surface area contributed by atoms with Crippen molar-refractivity contribution in [3.8, 4) is 0 Å². The van der Waals surface area contributed by atoms with E-state index in [1.165, 1.54) is 6.92 Å². The number of hydrogen-bond donors (Lipinski definition) is 3. The molecule has 1 unspecified atom stereocenters. The zero-order valence-electron chi connectivity index (χ0n) is 12.4. The molecule has 116 valence electrons. The van der Waals surface area contributed by atoms with Crippen LogP contribution in [0, 0.1) is 0 Å². The summed E-state index contributed by atoms with van der Waals surface area (Å²) in [5, 5.41) is 13.9. The highest BCUT2D eigenvalue weighted by Crippen LogP contribution is 2.06. The summed E-state index contributed by atoms with van der Waals surface area (Å²) in [4.78, 5) is 34.8. The molecule has 0 heterocycles. The van der Waals surface area contributed by atoms with Crippen molar-refractivity contribution < 1.29 is 19.5 Å². The Bertz CT molecular complexity index is 332. The fraction of sp³-hybridized carbons (Fsp3) is 0.769. The van der Waals surface area contributed by atoms with E-state index in [0.717, 1.165) is 12.8 Å². The highest BCUT2D eigenvalue weighted by Gasteiger charge is 2.19. The maximum absolute atomic E-state index is 11.9. The number of unbranched alkanes of at least 4 members (excludes halogenated alkanes) is 1. The Kier molecular flexibility index (Phi) is 9.36. The van der Waals surface area contributed by atoms with Crippen molar-refractivity contribution in [1.29, 1.82) is 0 Å². The lowest BCUT2D eigenvalue weighted by molar-refractivity contribution is -0.137. The molecule has 3 N–H and O–H groups in total. The van der Waals surface area contributed by atoms with Crippen molar-refractivity contribution in [2.24, 2.45) is 0 Å². The molecule has 0 saturated carbocycles. The van der Waals surface area contributed by atoms with Crippen LogP contribution in [0.15, 0.2) is 0 Å². The number of carboxylic acids is 1. The van der Waals surface area contributed by atoms with Gasteiger partial charge in [0, 0.05) is 20.0 Å². The summed E-state index contributed by atoms with van der Waals surface area (Å²) in [6.45, 7) is 2.22. The monoisotopic (exact) mass is 290 g/mol. The van der Waals surface area contributed by atoms with Crippen molar-refractivity contribution in [2.75, 3.05) is 27.2 Å². The Labute approximate surface area is 119 Å². The lowest BCUT2D eigenvalue weighted by atomic mass is 10.1. The first kappa shape index (κ1) is 18.4. The predicted molar refractivity (Wildman–Crippen MR) is 75.3 cm³/mol. The van der Waals surface area contributed by atoms with Gasteiger partial charge in [-0.2, -0.15) is 0 Å². The number of carboxylic acid groups (broad SMARTS) is 1. The fourth-order valence-electron chi connectivity index (χ4n) is 1.76. The summed E-state index contributed by atoms with van der Waals surface area (Å²) in [6, 6.07) is -0.277. The van der Waals surface area contributed by atoms with E-state index in [2.05, 4.69) is 10.6 Å². The Morgan fingerprint density at radius 2 is 1.75 bits per heavy atom. The second-order valence-corrected chi connectivity index (χ2v) is 4.89. The van der Waals surface area contributed by atoms with Crippen LogP contribution in [-0.2, 0) is 14.4 Å². The third kappa shape index (κ3) is 9.32. The number of nitrogens with one attached hydrogen (secondary N) is 2. The molecule has 20 heavy (non-hydrogen) atoms. The molecule has 7 heteroatoms. The maximum atomic E-state index is 11.9. The molecule has 0 saturated heterocycles. The average molecular weight is 290 g/mol. The molecular weight excluding hydrogens is 265 g/mol. The molecule has 0 aliphatic rings. The van der Waals surface area contributed by atoms with Crippen LogP contribution in [0.2, 0.25) is 0 Å². The lowest BCUT2D eigenvalue weighted by Gasteiger charge is -2.23. The number of aliphatic carboxylic acids is 1. The molecule has 0 aliphatic carbocycles. The van der Waals surface area contributed by atoms with Gasteiger partial charge in [0.25, 0.3) is 0 Å². The van der Waals surface area contributed by atoms with Gasteiger partial charge in [-0.05, 0) is 33.4 Å². The standard InChI is InChI=1S/C13H25N3O4/c1-10(17)14-8-5-4-6-11(16(2)3)13(20)15-9-7-12(18)19/h11H,4-9H2,1-3H3,(H,14,17)(H,15,20)(H,18,19)/i8+1,9+1,10+1. The average Bonchev–Trinajstić information content (AvgIpc) is 2.32. The number of amides is 2. The van der Waals surface area contributed by atoms with Gasteiger partial charge in [0.15, 0.2) is 0 Å². The Hall–Kier alpha value is -1.63. The van der Waals surface area contributed by atoms with Gasteiger partial charge in [-0.3, -0.25) is 19.3 Å². The molecule has 0 rings (SSSR count). The van der Waals surface area contributed by atoms with Crippen LogP contribution in [0.4, 0.5) is 0 Å². The zero-order chi connectivity index (χ0) is 15.5. The number of hydrogen-bond acceptors (Lipinski definition) is 4. The van der Waals surface area contributed by atoms with E-state index in [4.69, 9.17) is 5.11 Å². The molecule has 7 nitrogen and oxygen atoms in total. The summed E-state index contributed by atoms with van der Waals surface area (Å²) in [5.74, 6) is -1.14. The van der Waals surface area contributed by atoms with Crippen molar-refractivity contribution in [3.63, 3.8) is 0 Å². The molecule has 1 atom stereocenters. The van der Waals surface area contributed by atoms with Crippen molar-refractivity contribution in [1.82, 2.24) is 15.5 Å². The van der Waals surface area contributed by atoms with E-state index in [9.17, 15) is 14.4 Å². The van der Waals surface area contributed by atoms with Crippen molar-refractivity contribution in [3.05, 3.63) is 0 Å². The summed E-state index contributed by atoms with van der Waals surface area (Å²) in [5.41, 5.74) is 0. The Balaban J connectivity index is 3.99. The molecule has 0 aliphatic heterocycles. The number of carbonyl (C=O) groups is 3. The highest BCUT2D eigenvalue weighted by atomic mass is 16.4. The summed E-state index contributed by atoms with van der Waals surface area (Å²) in [7, 11) is 3.63. The second-order valence-electron chi connectivity index (χ2n) is 4.89. The van der Waals surface area contributed by atoms with E-state index < -0.39 is 5.97 Å². The smallest absolute Gasteiger partial charge is 0.305 e. The molecule has 2 amide bonds. The second kappa shape index (κ2) is 10.2. The third-order valence-electron chi connectivity index (χ3n) is 2.84. The molecule has 0 aromatic rings. The number of nitrogens with zero attached hydrogens (tertiary/aromatic N) is 1. The summed E-state index contributed by atoms with van der Waals surface area (Å²) < 4.78 is 0. The zero-order valence-corrected chi connectivity index (χ0v) is 12.4. The van der Waals surface area contributed by atoms with Crippen LogP contribution in [0.3, 0.4) is 0 Å². The molecular formula is C13H25N3O4. The van der Waals surface area contributed by atoms with Crippen molar-refractivity contribution in [2.45, 2.75) is 38.6 Å². The Morgan fingerprint density at radius 3 is 2.25 bits per heavy atom. The quantitative estimate of drug-likeness (QED) is 0.383. The minimum atomic E-state index is -0.929. The minimum Gasteiger partial charge on any atom is -0.481 e. The van der Waals surface area contributed by atoms with Crippen molar-refractivity contribution >= 4 is 17.8 Å². The first-order chi connectivity index (χ1) is 9.34. The van der Waals surface area contributed by atoms with E-state index in [1.807, 2.05) is 19.0 Å². The van der Waals surface area contributed by atoms with Gasteiger partial charge < -0.3 is 15.7 Å². The molecule has 0 aromatic carbocycles. The SMILES string of the molecule is C[13C](=O)N[13CH2]CCCC(C(=O)N[13CH2]CC(=O)O)N(C)C. The fourth-order valence-corrected chi connectivity index (χ4v) is 1.76. The van der Waals surface area contributed by atoms with E-state index >= 15 is 0 Å². The van der Waals surface area contributed by atoms with Gasteiger partial charge >= 0.3 is 5.97 Å². The van der Waals surface area contributed by atoms with Gasteiger partial charge in [-0.25, -0.2) is 0 Å². The van der Waals surface area contributed by atoms with E-state index in [-0.39, 0.29) is 30.8 Å². The van der Waals surface area contributed by atoms with Gasteiger partial charge in [-0.1, -0.05) is 0 Å².